The van der Waals surface area contributed by atoms with Crippen LogP contribution in [0.2, 0.25) is 0 Å². The number of carbonyl (C=O) groups is 1. The zero-order valence-electron chi connectivity index (χ0n) is 10.9. The predicted molar refractivity (Wildman–Crippen MR) is 69.8 cm³/mol. The first-order valence-corrected chi connectivity index (χ1v) is 6.52. The van der Waals surface area contributed by atoms with Crippen LogP contribution in [0.5, 0.6) is 5.75 Å². The van der Waals surface area contributed by atoms with Gasteiger partial charge >= 0.3 is 12.6 Å². The quantitative estimate of drug-likeness (QED) is 0.608. The maximum absolute atomic E-state index is 12.0. The highest BCUT2D eigenvalue weighted by atomic mass is 19.3. The van der Waals surface area contributed by atoms with Gasteiger partial charge in [0, 0.05) is 0 Å². The van der Waals surface area contributed by atoms with Crippen LogP contribution < -0.4 is 4.74 Å². The minimum Gasteiger partial charge on any atom is -0.462 e. The second-order valence-corrected chi connectivity index (χ2v) is 4.65. The van der Waals surface area contributed by atoms with Crippen molar-refractivity contribution >= 4 is 5.97 Å². The topological polar surface area (TPSA) is 35.5 Å². The van der Waals surface area contributed by atoms with E-state index in [4.69, 9.17) is 4.74 Å². The molecule has 3 nitrogen and oxygen atoms in total. The van der Waals surface area contributed by atoms with Gasteiger partial charge in [0.1, 0.15) is 5.75 Å². The van der Waals surface area contributed by atoms with E-state index in [2.05, 4.69) is 16.9 Å². The molecule has 1 unspecified atom stereocenters. The molecule has 0 fully saturated rings. The van der Waals surface area contributed by atoms with Gasteiger partial charge in [-0.2, -0.15) is 8.78 Å². The molecule has 0 spiro atoms. The molecular weight excluding hydrogens is 266 g/mol. The summed E-state index contributed by atoms with van der Waals surface area (Å²) in [6.45, 7) is -2.48. The first-order valence-electron chi connectivity index (χ1n) is 6.52. The number of rotatable bonds is 5. The number of esters is 1. The SMILES string of the molecule is O=C(OCC1CC=CCC1)c1ccc(OC(F)F)cc1. The molecule has 0 heterocycles. The van der Waals surface area contributed by atoms with Crippen molar-refractivity contribution < 1.29 is 23.0 Å². The first kappa shape index (κ1) is 14.5. The molecule has 1 aliphatic carbocycles. The summed E-state index contributed by atoms with van der Waals surface area (Å²) < 4.78 is 33.4. The van der Waals surface area contributed by atoms with Gasteiger partial charge < -0.3 is 9.47 Å². The van der Waals surface area contributed by atoms with Crippen LogP contribution in [0.4, 0.5) is 8.78 Å². The summed E-state index contributed by atoms with van der Waals surface area (Å²) in [5.74, 6) is -0.0532. The molecule has 20 heavy (non-hydrogen) atoms. The van der Waals surface area contributed by atoms with Gasteiger partial charge in [-0.3, -0.25) is 0 Å². The van der Waals surface area contributed by atoms with E-state index in [1.807, 2.05) is 0 Å². The van der Waals surface area contributed by atoms with Crippen LogP contribution in [0.15, 0.2) is 36.4 Å². The van der Waals surface area contributed by atoms with Crippen LogP contribution in [0, 0.1) is 5.92 Å². The number of halogens is 2. The number of hydrogen-bond donors (Lipinski definition) is 0. The molecule has 0 aliphatic heterocycles. The second-order valence-electron chi connectivity index (χ2n) is 4.65. The summed E-state index contributed by atoms with van der Waals surface area (Å²) in [5, 5.41) is 0. The zero-order valence-corrected chi connectivity index (χ0v) is 10.9. The smallest absolute Gasteiger partial charge is 0.387 e. The van der Waals surface area contributed by atoms with Crippen LogP contribution in [0.1, 0.15) is 29.6 Å². The third-order valence-corrected chi connectivity index (χ3v) is 3.14. The van der Waals surface area contributed by atoms with Gasteiger partial charge in [-0.15, -0.1) is 0 Å². The Labute approximate surface area is 116 Å². The minimum absolute atomic E-state index is 0.0222. The third-order valence-electron chi connectivity index (χ3n) is 3.14. The van der Waals surface area contributed by atoms with Crippen molar-refractivity contribution in [3.63, 3.8) is 0 Å². The van der Waals surface area contributed by atoms with Crippen LogP contribution in [0.25, 0.3) is 0 Å². The van der Waals surface area contributed by atoms with Crippen molar-refractivity contribution in [1.29, 1.82) is 0 Å². The van der Waals surface area contributed by atoms with Gasteiger partial charge in [0.2, 0.25) is 0 Å². The number of ether oxygens (including phenoxy) is 2. The molecular formula is C15H16F2O3. The lowest BCUT2D eigenvalue weighted by Crippen LogP contribution is -2.15. The van der Waals surface area contributed by atoms with Crippen LogP contribution in [-0.4, -0.2) is 19.2 Å². The highest BCUT2D eigenvalue weighted by molar-refractivity contribution is 5.89. The van der Waals surface area contributed by atoms with Crippen molar-refractivity contribution in [2.75, 3.05) is 6.61 Å². The highest BCUT2D eigenvalue weighted by Crippen LogP contribution is 2.19. The van der Waals surface area contributed by atoms with E-state index < -0.39 is 12.6 Å². The van der Waals surface area contributed by atoms with Gasteiger partial charge in [-0.25, -0.2) is 4.79 Å². The molecule has 0 radical (unpaired) electrons. The monoisotopic (exact) mass is 282 g/mol. The summed E-state index contributed by atoms with van der Waals surface area (Å²) in [4.78, 5) is 11.8. The predicted octanol–water partition coefficient (Wildman–Crippen LogP) is 3.80. The molecule has 1 aliphatic rings. The molecule has 0 aromatic heterocycles. The fourth-order valence-electron chi connectivity index (χ4n) is 2.06. The van der Waals surface area contributed by atoms with E-state index >= 15 is 0 Å². The van der Waals surface area contributed by atoms with Crippen molar-refractivity contribution in [3.8, 4) is 5.75 Å². The number of hydrogen-bond acceptors (Lipinski definition) is 3. The normalized spacial score (nSPS) is 18.1. The molecule has 108 valence electrons. The summed E-state index contributed by atoms with van der Waals surface area (Å²) in [6.07, 6.45) is 7.18. The zero-order chi connectivity index (χ0) is 14.4. The van der Waals surface area contributed by atoms with E-state index in [0.717, 1.165) is 19.3 Å². The summed E-state index contributed by atoms with van der Waals surface area (Å²) >= 11 is 0. The Morgan fingerprint density at radius 3 is 2.60 bits per heavy atom. The number of alkyl halides is 2. The van der Waals surface area contributed by atoms with Crippen molar-refractivity contribution in [2.24, 2.45) is 5.92 Å². The largest absolute Gasteiger partial charge is 0.462 e. The Bertz CT molecular complexity index is 469. The van der Waals surface area contributed by atoms with Crippen molar-refractivity contribution in [1.82, 2.24) is 0 Å². The van der Waals surface area contributed by atoms with Crippen molar-refractivity contribution in [2.45, 2.75) is 25.9 Å². The lowest BCUT2D eigenvalue weighted by atomic mass is 9.95. The number of benzene rings is 1. The van der Waals surface area contributed by atoms with Crippen molar-refractivity contribution in [3.05, 3.63) is 42.0 Å². The summed E-state index contributed by atoms with van der Waals surface area (Å²) in [6, 6.07) is 5.49. The fourth-order valence-corrected chi connectivity index (χ4v) is 2.06. The molecule has 0 N–H and O–H groups in total. The maximum Gasteiger partial charge on any atom is 0.387 e. The second kappa shape index (κ2) is 7.03. The third kappa shape index (κ3) is 4.33. The van der Waals surface area contributed by atoms with Gasteiger partial charge in [-0.1, -0.05) is 12.2 Å². The van der Waals surface area contributed by atoms with E-state index in [1.165, 1.54) is 24.3 Å². The van der Waals surface area contributed by atoms with Gasteiger partial charge in [-0.05, 0) is 49.4 Å². The summed E-state index contributed by atoms with van der Waals surface area (Å²) in [7, 11) is 0. The molecule has 0 saturated heterocycles. The molecule has 2 rings (SSSR count). The molecule has 1 aromatic carbocycles. The van der Waals surface area contributed by atoms with E-state index in [9.17, 15) is 13.6 Å². The molecule has 0 saturated carbocycles. The molecule has 1 atom stereocenters. The Morgan fingerprint density at radius 2 is 2.00 bits per heavy atom. The van der Waals surface area contributed by atoms with Gasteiger partial charge in [0.25, 0.3) is 0 Å². The van der Waals surface area contributed by atoms with E-state index in [0.29, 0.717) is 18.1 Å². The average Bonchev–Trinajstić information content (AvgIpc) is 2.46. The Morgan fingerprint density at radius 1 is 1.25 bits per heavy atom. The fraction of sp³-hybridized carbons (Fsp3) is 0.400. The average molecular weight is 282 g/mol. The van der Waals surface area contributed by atoms with Crippen LogP contribution in [-0.2, 0) is 4.74 Å². The minimum atomic E-state index is -2.87. The van der Waals surface area contributed by atoms with Gasteiger partial charge in [0.05, 0.1) is 12.2 Å². The Balaban J connectivity index is 1.84. The maximum atomic E-state index is 12.0. The van der Waals surface area contributed by atoms with Crippen LogP contribution >= 0.6 is 0 Å². The lowest BCUT2D eigenvalue weighted by molar-refractivity contribution is -0.0498. The molecule has 1 aromatic rings. The van der Waals surface area contributed by atoms with E-state index in [1.54, 1.807) is 0 Å². The Kier molecular flexibility index (Phi) is 5.09. The highest BCUT2D eigenvalue weighted by Gasteiger charge is 2.14. The molecule has 0 bridgehead atoms. The van der Waals surface area contributed by atoms with Gasteiger partial charge in [0.15, 0.2) is 0 Å². The molecule has 5 heteroatoms. The summed E-state index contributed by atoms with van der Waals surface area (Å²) in [5.41, 5.74) is 0.331. The lowest BCUT2D eigenvalue weighted by Gasteiger charge is -2.17. The first-order chi connectivity index (χ1) is 9.65. The number of carbonyl (C=O) groups excluding carboxylic acids is 1. The number of allylic oxidation sites excluding steroid dienone is 2. The standard InChI is InChI=1S/C15H16F2O3/c16-15(17)20-13-8-6-12(7-9-13)14(18)19-10-11-4-2-1-3-5-11/h1-2,6-9,11,15H,3-5,10H2. The molecule has 0 amide bonds. The van der Waals surface area contributed by atoms with E-state index in [-0.39, 0.29) is 5.75 Å². The Hall–Kier alpha value is -1.91. The van der Waals surface area contributed by atoms with Crippen LogP contribution in [0.3, 0.4) is 0 Å².